The predicted octanol–water partition coefficient (Wildman–Crippen LogP) is 1.83. The molecule has 0 heterocycles. The molecule has 156 valence electrons. The van der Waals surface area contributed by atoms with Gasteiger partial charge in [-0.15, -0.1) is 0 Å². The first kappa shape index (κ1) is 22.7. The van der Waals surface area contributed by atoms with E-state index in [0.717, 1.165) is 0 Å². The van der Waals surface area contributed by atoms with Crippen molar-refractivity contribution < 1.29 is 22.7 Å². The summed E-state index contributed by atoms with van der Waals surface area (Å²) in [6.45, 7) is 0. The minimum absolute atomic E-state index is 0.0461. The Balaban J connectivity index is 2.21. The van der Waals surface area contributed by atoms with Crippen LogP contribution >= 0.6 is 11.8 Å². The number of ether oxygens (including phenoxy) is 1. The van der Waals surface area contributed by atoms with Crippen LogP contribution in [0.25, 0.3) is 0 Å². The van der Waals surface area contributed by atoms with Crippen molar-refractivity contribution >= 4 is 39.3 Å². The van der Waals surface area contributed by atoms with Crippen molar-refractivity contribution in [3.8, 4) is 5.75 Å². The van der Waals surface area contributed by atoms with Crippen LogP contribution in [0.4, 0.5) is 5.69 Å². The number of nitrogens with two attached hydrogens (primary N) is 1. The summed E-state index contributed by atoms with van der Waals surface area (Å²) in [5, 5.41) is 2.66. The number of carbonyl (C=O) groups excluding carboxylic acids is 2. The van der Waals surface area contributed by atoms with Gasteiger partial charge in [0.15, 0.2) is 0 Å². The van der Waals surface area contributed by atoms with E-state index >= 15 is 0 Å². The molecule has 1 atom stereocenters. The molecule has 10 heteroatoms. The Hall–Kier alpha value is -2.56. The maximum absolute atomic E-state index is 12.8. The number of benzene rings is 2. The number of thioether (sulfide) groups is 1. The largest absolute Gasteiger partial charge is 0.495 e. The van der Waals surface area contributed by atoms with Crippen molar-refractivity contribution in [2.75, 3.05) is 24.4 Å². The number of nitrogens with one attached hydrogen (secondary N) is 2. The van der Waals surface area contributed by atoms with Gasteiger partial charge in [0.2, 0.25) is 21.8 Å². The van der Waals surface area contributed by atoms with Crippen LogP contribution in [0.5, 0.6) is 5.75 Å². The molecule has 2 aromatic carbocycles. The Morgan fingerprint density at radius 2 is 1.79 bits per heavy atom. The summed E-state index contributed by atoms with van der Waals surface area (Å²) in [6, 6.07) is 11.2. The van der Waals surface area contributed by atoms with E-state index in [1.54, 1.807) is 12.1 Å². The Morgan fingerprint density at radius 3 is 2.38 bits per heavy atom. The Morgan fingerprint density at radius 1 is 1.14 bits per heavy atom. The molecule has 0 saturated carbocycles. The first-order valence-electron chi connectivity index (χ1n) is 8.63. The maximum atomic E-state index is 12.8. The highest BCUT2D eigenvalue weighted by molar-refractivity contribution is 7.98. The number of methoxy groups -OCH3 is 1. The van der Waals surface area contributed by atoms with Crippen molar-refractivity contribution in [3.63, 3.8) is 0 Å². The molecule has 1 unspecified atom stereocenters. The van der Waals surface area contributed by atoms with Crippen LogP contribution in [-0.4, -0.2) is 45.4 Å². The smallest absolute Gasteiger partial charge is 0.248 e. The fourth-order valence-electron chi connectivity index (χ4n) is 2.52. The number of anilines is 1. The van der Waals surface area contributed by atoms with Crippen LogP contribution in [0.2, 0.25) is 0 Å². The first-order valence-corrected chi connectivity index (χ1v) is 11.5. The van der Waals surface area contributed by atoms with Gasteiger partial charge in [-0.25, -0.2) is 8.42 Å². The SMILES string of the molecule is COc1ccccc1S(=O)(=O)NC(CCSC)C(=O)Nc1ccc(C(N)=O)cc1. The summed E-state index contributed by atoms with van der Waals surface area (Å²) < 4.78 is 33.2. The van der Waals surface area contributed by atoms with E-state index in [-0.39, 0.29) is 10.6 Å². The number of para-hydroxylation sites is 1. The molecule has 2 aromatic rings. The van der Waals surface area contributed by atoms with Gasteiger partial charge in [-0.05, 0) is 54.8 Å². The van der Waals surface area contributed by atoms with Crippen LogP contribution < -0.4 is 20.5 Å². The summed E-state index contributed by atoms with van der Waals surface area (Å²) in [4.78, 5) is 23.8. The second kappa shape index (κ2) is 10.3. The highest BCUT2D eigenvalue weighted by Gasteiger charge is 2.27. The molecule has 0 aromatic heterocycles. The molecule has 2 amide bonds. The van der Waals surface area contributed by atoms with Gasteiger partial charge in [-0.3, -0.25) is 9.59 Å². The number of carbonyl (C=O) groups is 2. The average molecular weight is 438 g/mol. The molecule has 0 radical (unpaired) electrons. The van der Waals surface area contributed by atoms with Crippen molar-refractivity contribution in [2.24, 2.45) is 5.73 Å². The van der Waals surface area contributed by atoms with Crippen molar-refractivity contribution in [1.82, 2.24) is 4.72 Å². The van der Waals surface area contributed by atoms with Gasteiger partial charge in [0, 0.05) is 11.3 Å². The predicted molar refractivity (Wildman–Crippen MR) is 114 cm³/mol. The van der Waals surface area contributed by atoms with Gasteiger partial charge < -0.3 is 15.8 Å². The van der Waals surface area contributed by atoms with E-state index in [2.05, 4.69) is 10.0 Å². The maximum Gasteiger partial charge on any atom is 0.248 e. The summed E-state index contributed by atoms with van der Waals surface area (Å²) >= 11 is 1.50. The average Bonchev–Trinajstić information content (AvgIpc) is 2.71. The van der Waals surface area contributed by atoms with Crippen LogP contribution in [0, 0.1) is 0 Å². The molecule has 0 saturated heterocycles. The third-order valence-corrected chi connectivity index (χ3v) is 6.18. The Labute approximate surface area is 174 Å². The van der Waals surface area contributed by atoms with E-state index in [1.165, 1.54) is 55.3 Å². The number of primary amides is 1. The molecule has 8 nitrogen and oxygen atoms in total. The number of sulfonamides is 1. The zero-order valence-electron chi connectivity index (χ0n) is 16.0. The quantitative estimate of drug-likeness (QED) is 0.520. The van der Waals surface area contributed by atoms with E-state index in [0.29, 0.717) is 23.4 Å². The van der Waals surface area contributed by atoms with Crippen LogP contribution in [0.1, 0.15) is 16.8 Å². The summed E-state index contributed by atoms with van der Waals surface area (Å²) in [6.07, 6.45) is 2.16. The standard InChI is InChI=1S/C19H23N3O5S2/c1-27-16-5-3-4-6-17(16)29(25,26)22-15(11-12-28-2)19(24)21-14-9-7-13(8-10-14)18(20)23/h3-10,15,22H,11-12H2,1-2H3,(H2,20,23)(H,21,24). The van der Waals surface area contributed by atoms with E-state index < -0.39 is 27.9 Å². The minimum Gasteiger partial charge on any atom is -0.495 e. The lowest BCUT2D eigenvalue weighted by atomic mass is 10.2. The van der Waals surface area contributed by atoms with Crippen molar-refractivity contribution in [1.29, 1.82) is 0 Å². The lowest BCUT2D eigenvalue weighted by molar-refractivity contribution is -0.117. The summed E-state index contributed by atoms with van der Waals surface area (Å²) in [7, 11) is -2.62. The molecule has 0 bridgehead atoms. The molecule has 0 aliphatic carbocycles. The summed E-state index contributed by atoms with van der Waals surface area (Å²) in [5.74, 6) is -0.326. The number of rotatable bonds is 10. The minimum atomic E-state index is -3.99. The number of hydrogen-bond acceptors (Lipinski definition) is 6. The van der Waals surface area contributed by atoms with Gasteiger partial charge in [-0.1, -0.05) is 12.1 Å². The second-order valence-electron chi connectivity index (χ2n) is 6.04. The molecular formula is C19H23N3O5S2. The fourth-order valence-corrected chi connectivity index (χ4v) is 4.39. The molecule has 0 aliphatic rings. The monoisotopic (exact) mass is 437 g/mol. The molecule has 4 N–H and O–H groups in total. The van der Waals surface area contributed by atoms with Crippen LogP contribution in [-0.2, 0) is 14.8 Å². The Bertz CT molecular complexity index is 962. The van der Waals surface area contributed by atoms with Gasteiger partial charge in [0.1, 0.15) is 16.7 Å². The van der Waals surface area contributed by atoms with Gasteiger partial charge in [-0.2, -0.15) is 16.5 Å². The lowest BCUT2D eigenvalue weighted by Gasteiger charge is -2.19. The number of hydrogen-bond donors (Lipinski definition) is 3. The molecule has 2 rings (SSSR count). The fraction of sp³-hybridized carbons (Fsp3) is 0.263. The summed E-state index contributed by atoms with van der Waals surface area (Å²) in [5.41, 5.74) is 5.93. The second-order valence-corrected chi connectivity index (χ2v) is 8.71. The highest BCUT2D eigenvalue weighted by Crippen LogP contribution is 2.23. The third-order valence-electron chi connectivity index (χ3n) is 4.02. The normalized spacial score (nSPS) is 12.2. The zero-order valence-corrected chi connectivity index (χ0v) is 17.7. The molecule has 0 fully saturated rings. The van der Waals surface area contributed by atoms with Crippen molar-refractivity contribution in [2.45, 2.75) is 17.4 Å². The van der Waals surface area contributed by atoms with Crippen LogP contribution in [0.3, 0.4) is 0 Å². The number of amides is 2. The zero-order chi connectivity index (χ0) is 21.4. The molecule has 29 heavy (non-hydrogen) atoms. The highest BCUT2D eigenvalue weighted by atomic mass is 32.2. The van der Waals surface area contributed by atoms with E-state index in [4.69, 9.17) is 10.5 Å². The molecule has 0 spiro atoms. The van der Waals surface area contributed by atoms with Crippen LogP contribution in [0.15, 0.2) is 53.4 Å². The Kier molecular flexibility index (Phi) is 8.06. The van der Waals surface area contributed by atoms with Gasteiger partial charge in [0.25, 0.3) is 0 Å². The van der Waals surface area contributed by atoms with Gasteiger partial charge >= 0.3 is 0 Å². The molecular weight excluding hydrogens is 414 g/mol. The third kappa shape index (κ3) is 6.21. The lowest BCUT2D eigenvalue weighted by Crippen LogP contribution is -2.44. The van der Waals surface area contributed by atoms with E-state index in [1.807, 2.05) is 6.26 Å². The van der Waals surface area contributed by atoms with Gasteiger partial charge in [0.05, 0.1) is 7.11 Å². The molecule has 0 aliphatic heterocycles. The first-order chi connectivity index (χ1) is 13.8. The van der Waals surface area contributed by atoms with E-state index in [9.17, 15) is 18.0 Å². The van der Waals surface area contributed by atoms with Crippen molar-refractivity contribution in [3.05, 3.63) is 54.1 Å². The topological polar surface area (TPSA) is 128 Å².